The zero-order valence-electron chi connectivity index (χ0n) is 12.3. The Morgan fingerprint density at radius 3 is 2.48 bits per heavy atom. The third-order valence-corrected chi connectivity index (χ3v) is 3.95. The van der Waals surface area contributed by atoms with Crippen LogP contribution in [0.4, 0.5) is 11.4 Å². The van der Waals surface area contributed by atoms with Crippen LogP contribution >= 0.6 is 11.6 Å². The summed E-state index contributed by atoms with van der Waals surface area (Å²) >= 11 is 6.23. The van der Waals surface area contributed by atoms with Crippen molar-refractivity contribution in [1.82, 2.24) is 4.90 Å². The molecule has 116 valence electrons. The highest BCUT2D eigenvalue weighted by Crippen LogP contribution is 2.34. The third kappa shape index (κ3) is 3.84. The zero-order valence-corrected chi connectivity index (χ0v) is 13.0. The molecule has 0 bridgehead atoms. The lowest BCUT2D eigenvalue weighted by Crippen LogP contribution is -2.48. The standard InChI is InChI=1S/C14H20ClN3O3/c1-10-7-12(18(20)21)8-13(15)14(10)17-5-3-16(4-6-17)9-11(2)19/h7-8,11,19H,3-6,9H2,1-2H3/t11-/m1/s1. The summed E-state index contributed by atoms with van der Waals surface area (Å²) in [4.78, 5) is 14.8. The molecule has 0 amide bonds. The molecule has 21 heavy (non-hydrogen) atoms. The topological polar surface area (TPSA) is 69.9 Å². The summed E-state index contributed by atoms with van der Waals surface area (Å²) in [5.74, 6) is 0. The van der Waals surface area contributed by atoms with E-state index in [1.165, 1.54) is 6.07 Å². The van der Waals surface area contributed by atoms with Gasteiger partial charge in [-0.1, -0.05) is 11.6 Å². The maximum absolute atomic E-state index is 10.8. The van der Waals surface area contributed by atoms with Crippen molar-refractivity contribution in [2.45, 2.75) is 20.0 Å². The van der Waals surface area contributed by atoms with E-state index in [2.05, 4.69) is 9.80 Å². The van der Waals surface area contributed by atoms with Gasteiger partial charge in [0, 0.05) is 44.9 Å². The van der Waals surface area contributed by atoms with Gasteiger partial charge in [-0.3, -0.25) is 15.0 Å². The van der Waals surface area contributed by atoms with E-state index in [0.717, 1.165) is 37.4 Å². The zero-order chi connectivity index (χ0) is 15.6. The quantitative estimate of drug-likeness (QED) is 0.680. The fraction of sp³-hybridized carbons (Fsp3) is 0.571. The second-order valence-corrected chi connectivity index (χ2v) is 5.89. The molecule has 6 nitrogen and oxygen atoms in total. The molecule has 7 heteroatoms. The molecule has 0 spiro atoms. The van der Waals surface area contributed by atoms with Crippen LogP contribution < -0.4 is 4.90 Å². The van der Waals surface area contributed by atoms with E-state index in [1.54, 1.807) is 13.0 Å². The average Bonchev–Trinajstić information content (AvgIpc) is 2.39. The molecule has 1 fully saturated rings. The lowest BCUT2D eigenvalue weighted by atomic mass is 10.1. The van der Waals surface area contributed by atoms with Crippen molar-refractivity contribution in [2.24, 2.45) is 0 Å². The molecule has 1 aromatic rings. The Morgan fingerprint density at radius 2 is 2.00 bits per heavy atom. The van der Waals surface area contributed by atoms with Gasteiger partial charge in [0.25, 0.3) is 5.69 Å². The fourth-order valence-corrected chi connectivity index (χ4v) is 3.13. The van der Waals surface area contributed by atoms with Crippen molar-refractivity contribution >= 4 is 23.0 Å². The van der Waals surface area contributed by atoms with E-state index < -0.39 is 4.92 Å². The third-order valence-electron chi connectivity index (χ3n) is 3.66. The molecule has 1 N–H and O–H groups in total. The van der Waals surface area contributed by atoms with Crippen molar-refractivity contribution in [3.05, 3.63) is 32.8 Å². The number of nitro benzene ring substituents is 1. The number of nitrogens with zero attached hydrogens (tertiary/aromatic N) is 3. The molecule has 1 atom stereocenters. The average molecular weight is 314 g/mol. The number of hydrogen-bond acceptors (Lipinski definition) is 5. The molecule has 0 aliphatic carbocycles. The maximum Gasteiger partial charge on any atom is 0.271 e. The Morgan fingerprint density at radius 1 is 1.38 bits per heavy atom. The van der Waals surface area contributed by atoms with Crippen LogP contribution in [-0.4, -0.2) is 53.8 Å². The lowest BCUT2D eigenvalue weighted by Gasteiger charge is -2.37. The summed E-state index contributed by atoms with van der Waals surface area (Å²) in [5.41, 5.74) is 1.71. The second-order valence-electron chi connectivity index (χ2n) is 5.49. The van der Waals surface area contributed by atoms with Crippen LogP contribution in [0.25, 0.3) is 0 Å². The number of anilines is 1. The Labute approximate surface area is 129 Å². The van der Waals surface area contributed by atoms with Crippen LogP contribution in [0.15, 0.2) is 12.1 Å². The molecule has 0 aromatic heterocycles. The smallest absolute Gasteiger partial charge is 0.271 e. The van der Waals surface area contributed by atoms with Crippen LogP contribution in [0.2, 0.25) is 5.02 Å². The number of aliphatic hydroxyl groups is 1. The van der Waals surface area contributed by atoms with Gasteiger partial charge in [-0.2, -0.15) is 0 Å². The first-order valence-corrected chi connectivity index (χ1v) is 7.36. The van der Waals surface area contributed by atoms with Gasteiger partial charge in [-0.05, 0) is 19.4 Å². The number of aliphatic hydroxyl groups excluding tert-OH is 1. The monoisotopic (exact) mass is 313 g/mol. The number of β-amino-alcohol motifs (C(OH)–C–C–N with tert-alkyl or cyclic N) is 1. The predicted molar refractivity (Wildman–Crippen MR) is 83.2 cm³/mol. The van der Waals surface area contributed by atoms with Crippen molar-refractivity contribution in [3.63, 3.8) is 0 Å². The molecular weight excluding hydrogens is 294 g/mol. The van der Waals surface area contributed by atoms with Gasteiger partial charge in [-0.25, -0.2) is 0 Å². The number of nitro groups is 1. The number of benzene rings is 1. The van der Waals surface area contributed by atoms with E-state index in [1.807, 2.05) is 6.92 Å². The number of hydrogen-bond donors (Lipinski definition) is 1. The molecule has 0 unspecified atom stereocenters. The molecule has 0 saturated carbocycles. The first-order valence-electron chi connectivity index (χ1n) is 6.98. The van der Waals surface area contributed by atoms with Gasteiger partial charge in [0.05, 0.1) is 21.7 Å². The number of aryl methyl sites for hydroxylation is 1. The minimum atomic E-state index is -0.427. The molecule has 1 heterocycles. The van der Waals surface area contributed by atoms with Crippen molar-refractivity contribution in [3.8, 4) is 0 Å². The van der Waals surface area contributed by atoms with E-state index >= 15 is 0 Å². The Balaban J connectivity index is 2.12. The maximum atomic E-state index is 10.8. The van der Waals surface area contributed by atoms with Gasteiger partial charge in [0.1, 0.15) is 0 Å². The molecule has 1 aliphatic heterocycles. The predicted octanol–water partition coefficient (Wildman–Crippen LogP) is 2.06. The van der Waals surface area contributed by atoms with E-state index in [9.17, 15) is 15.2 Å². The summed E-state index contributed by atoms with van der Waals surface area (Å²) in [6.07, 6.45) is -0.332. The van der Waals surface area contributed by atoms with E-state index in [0.29, 0.717) is 11.6 Å². The van der Waals surface area contributed by atoms with Gasteiger partial charge >= 0.3 is 0 Å². The Kier molecular flexibility index (Phi) is 5.03. The first-order chi connectivity index (χ1) is 9.88. The largest absolute Gasteiger partial charge is 0.392 e. The number of non-ortho nitro benzene ring substituents is 1. The van der Waals surface area contributed by atoms with Crippen molar-refractivity contribution in [1.29, 1.82) is 0 Å². The van der Waals surface area contributed by atoms with Crippen LogP contribution in [0.5, 0.6) is 0 Å². The molecule has 0 radical (unpaired) electrons. The normalized spacial score (nSPS) is 17.8. The highest BCUT2D eigenvalue weighted by molar-refractivity contribution is 6.33. The highest BCUT2D eigenvalue weighted by Gasteiger charge is 2.22. The summed E-state index contributed by atoms with van der Waals surface area (Å²) in [6, 6.07) is 2.97. The number of piperazine rings is 1. The van der Waals surface area contributed by atoms with Crippen LogP contribution in [0.3, 0.4) is 0 Å². The van der Waals surface area contributed by atoms with E-state index in [-0.39, 0.29) is 11.8 Å². The van der Waals surface area contributed by atoms with Crippen LogP contribution in [0, 0.1) is 17.0 Å². The molecule has 2 rings (SSSR count). The SMILES string of the molecule is Cc1cc([N+](=O)[O-])cc(Cl)c1N1CCN(C[C@@H](C)O)CC1. The summed E-state index contributed by atoms with van der Waals surface area (Å²) < 4.78 is 0. The summed E-state index contributed by atoms with van der Waals surface area (Å²) in [7, 11) is 0. The first kappa shape index (κ1) is 16.0. The van der Waals surface area contributed by atoms with Crippen LogP contribution in [-0.2, 0) is 0 Å². The fourth-order valence-electron chi connectivity index (χ4n) is 2.75. The molecular formula is C14H20ClN3O3. The Hall–Kier alpha value is -1.37. The Bertz CT molecular complexity index is 505. The summed E-state index contributed by atoms with van der Waals surface area (Å²) in [5, 5.41) is 20.7. The van der Waals surface area contributed by atoms with Gasteiger partial charge < -0.3 is 10.0 Å². The molecule has 1 aliphatic rings. The van der Waals surface area contributed by atoms with Gasteiger partial charge in [0.2, 0.25) is 0 Å². The highest BCUT2D eigenvalue weighted by atomic mass is 35.5. The number of rotatable bonds is 4. The second kappa shape index (κ2) is 6.60. The minimum Gasteiger partial charge on any atom is -0.392 e. The van der Waals surface area contributed by atoms with E-state index in [4.69, 9.17) is 11.6 Å². The van der Waals surface area contributed by atoms with Gasteiger partial charge in [0.15, 0.2) is 0 Å². The van der Waals surface area contributed by atoms with Crippen molar-refractivity contribution < 1.29 is 10.0 Å². The molecule has 1 aromatic carbocycles. The number of halogens is 1. The lowest BCUT2D eigenvalue weighted by molar-refractivity contribution is -0.384. The molecule has 1 saturated heterocycles. The summed E-state index contributed by atoms with van der Waals surface area (Å²) in [6.45, 7) is 7.58. The van der Waals surface area contributed by atoms with Crippen molar-refractivity contribution in [2.75, 3.05) is 37.6 Å². The minimum absolute atomic E-state index is 0.0222. The van der Waals surface area contributed by atoms with Gasteiger partial charge in [-0.15, -0.1) is 0 Å². The van der Waals surface area contributed by atoms with Crippen LogP contribution in [0.1, 0.15) is 12.5 Å².